The number of hydrogen-bond donors (Lipinski definition) is 0. The fourth-order valence-electron chi connectivity index (χ4n) is 5.20. The van der Waals surface area contributed by atoms with Gasteiger partial charge >= 0.3 is 0 Å². The van der Waals surface area contributed by atoms with Crippen molar-refractivity contribution >= 4 is 17.4 Å². The van der Waals surface area contributed by atoms with Gasteiger partial charge in [-0.05, 0) is 36.6 Å². The van der Waals surface area contributed by atoms with Crippen LogP contribution in [-0.4, -0.2) is 68.4 Å². The van der Waals surface area contributed by atoms with E-state index in [2.05, 4.69) is 29.6 Å². The second kappa shape index (κ2) is 9.07. The molecule has 0 aliphatic carbocycles. The fourth-order valence-corrected chi connectivity index (χ4v) is 5.39. The molecule has 0 radical (unpaired) electrons. The molecule has 0 spiro atoms. The van der Waals surface area contributed by atoms with Gasteiger partial charge < -0.3 is 9.64 Å². The topological polar surface area (TPSA) is 72.2 Å². The van der Waals surface area contributed by atoms with Crippen molar-refractivity contribution in [1.82, 2.24) is 29.6 Å². The summed E-state index contributed by atoms with van der Waals surface area (Å²) in [6.45, 7) is 2.19. The highest BCUT2D eigenvalue weighted by Crippen LogP contribution is 2.36. The molecule has 1 aromatic carbocycles. The van der Waals surface area contributed by atoms with Gasteiger partial charge in [-0.1, -0.05) is 11.6 Å². The maximum Gasteiger partial charge on any atom is 0.267 e. The van der Waals surface area contributed by atoms with Gasteiger partial charge in [0.2, 0.25) is 0 Å². The van der Waals surface area contributed by atoms with E-state index in [1.54, 1.807) is 23.5 Å². The highest BCUT2D eigenvalue weighted by molar-refractivity contribution is 6.30. The molecule has 11 heteroatoms. The van der Waals surface area contributed by atoms with Crippen LogP contribution in [-0.2, 0) is 17.8 Å². The Hall–Kier alpha value is -2.69. The molecular formula is C24H26ClF2N7O. The quantitative estimate of drug-likeness (QED) is 0.528. The van der Waals surface area contributed by atoms with E-state index in [1.165, 1.54) is 0 Å². The van der Waals surface area contributed by atoms with Crippen LogP contribution >= 0.6 is 11.6 Å². The third kappa shape index (κ3) is 4.39. The third-order valence-corrected chi connectivity index (χ3v) is 7.44. The Bertz CT molecular complexity index is 1200. The van der Waals surface area contributed by atoms with E-state index in [9.17, 15) is 8.78 Å². The Labute approximate surface area is 206 Å². The average Bonchev–Trinajstić information content (AvgIpc) is 3.15. The van der Waals surface area contributed by atoms with Gasteiger partial charge in [0, 0.05) is 43.0 Å². The molecule has 8 nitrogen and oxygen atoms in total. The molecule has 35 heavy (non-hydrogen) atoms. The van der Waals surface area contributed by atoms with Crippen LogP contribution in [0.2, 0.25) is 5.02 Å². The summed E-state index contributed by atoms with van der Waals surface area (Å²) in [6, 6.07) is 5.65. The monoisotopic (exact) mass is 501 g/mol. The van der Waals surface area contributed by atoms with Gasteiger partial charge in [0.15, 0.2) is 5.82 Å². The number of hydrogen-bond acceptors (Lipinski definition) is 7. The largest absolute Gasteiger partial charge is 0.380 e. The zero-order valence-corrected chi connectivity index (χ0v) is 19.9. The van der Waals surface area contributed by atoms with Crippen molar-refractivity contribution in [3.05, 3.63) is 59.0 Å². The summed E-state index contributed by atoms with van der Waals surface area (Å²) < 4.78 is 36.9. The standard InChI is InChI=1S/C24H26ClF2N7O/c25-19-1-2-20-17(9-19)11-32(15-24(26,27)18-13-35-14-18)12-22-30-31-23(34(20)22)16-3-7-33(8-4-16)21-10-28-5-6-29-21/h1-2,5-6,9-10,16,18H,3-4,7-8,11-15H2. The first kappa shape index (κ1) is 22.8. The second-order valence-corrected chi connectivity index (χ2v) is 9.98. The van der Waals surface area contributed by atoms with Gasteiger partial charge in [-0.25, -0.2) is 13.8 Å². The van der Waals surface area contributed by atoms with Crippen molar-refractivity contribution in [1.29, 1.82) is 0 Å². The molecule has 2 aromatic heterocycles. The normalized spacial score (nSPS) is 19.7. The number of benzene rings is 1. The molecular weight excluding hydrogens is 476 g/mol. The lowest BCUT2D eigenvalue weighted by Crippen LogP contribution is -2.49. The predicted octanol–water partition coefficient (Wildman–Crippen LogP) is 3.69. The summed E-state index contributed by atoms with van der Waals surface area (Å²) in [4.78, 5) is 12.6. The number of nitrogens with zero attached hydrogens (tertiary/aromatic N) is 7. The minimum atomic E-state index is -2.83. The van der Waals surface area contributed by atoms with Crippen molar-refractivity contribution in [3.63, 3.8) is 0 Å². The summed E-state index contributed by atoms with van der Waals surface area (Å²) in [5.41, 5.74) is 1.81. The average molecular weight is 502 g/mol. The Morgan fingerprint density at radius 1 is 1.09 bits per heavy atom. The molecule has 3 aliphatic rings. The number of ether oxygens (including phenoxy) is 1. The van der Waals surface area contributed by atoms with Gasteiger partial charge in [-0.15, -0.1) is 10.2 Å². The number of rotatable bonds is 5. The lowest BCUT2D eigenvalue weighted by molar-refractivity contribution is -0.179. The number of alkyl halides is 2. The van der Waals surface area contributed by atoms with Crippen molar-refractivity contribution in [3.8, 4) is 5.69 Å². The Morgan fingerprint density at radius 2 is 1.91 bits per heavy atom. The Kier molecular flexibility index (Phi) is 5.90. The Morgan fingerprint density at radius 3 is 2.63 bits per heavy atom. The van der Waals surface area contributed by atoms with Crippen LogP contribution in [0.5, 0.6) is 0 Å². The molecule has 184 valence electrons. The molecule has 0 amide bonds. The van der Waals surface area contributed by atoms with Crippen LogP contribution in [0.3, 0.4) is 0 Å². The maximum atomic E-state index is 14.9. The molecule has 3 aromatic rings. The number of fused-ring (bicyclic) bond motifs is 3. The summed E-state index contributed by atoms with van der Waals surface area (Å²) in [5, 5.41) is 9.64. The van der Waals surface area contributed by atoms with Gasteiger partial charge in [-0.2, -0.15) is 0 Å². The van der Waals surface area contributed by atoms with Crippen molar-refractivity contribution in [2.24, 2.45) is 5.92 Å². The lowest BCUT2D eigenvalue weighted by Gasteiger charge is -2.36. The highest BCUT2D eigenvalue weighted by Gasteiger charge is 2.45. The zero-order chi connectivity index (χ0) is 24.0. The van der Waals surface area contributed by atoms with Gasteiger partial charge in [0.1, 0.15) is 11.6 Å². The third-order valence-electron chi connectivity index (χ3n) is 7.20. The molecule has 6 rings (SSSR count). The van der Waals surface area contributed by atoms with Crippen LogP contribution in [0.25, 0.3) is 5.69 Å². The summed E-state index contributed by atoms with van der Waals surface area (Å²) >= 11 is 6.32. The number of halogens is 3. The fraction of sp³-hybridized carbons (Fsp3) is 0.500. The van der Waals surface area contributed by atoms with Crippen LogP contribution in [0, 0.1) is 5.92 Å². The molecule has 3 aliphatic heterocycles. The van der Waals surface area contributed by atoms with E-state index in [1.807, 2.05) is 18.2 Å². The van der Waals surface area contributed by atoms with Crippen molar-refractivity contribution < 1.29 is 13.5 Å². The van der Waals surface area contributed by atoms with E-state index in [0.717, 1.165) is 48.8 Å². The van der Waals surface area contributed by atoms with Crippen molar-refractivity contribution in [2.45, 2.75) is 37.8 Å². The number of anilines is 1. The van der Waals surface area contributed by atoms with Crippen molar-refractivity contribution in [2.75, 3.05) is 37.7 Å². The van der Waals surface area contributed by atoms with Crippen LogP contribution < -0.4 is 4.90 Å². The predicted molar refractivity (Wildman–Crippen MR) is 126 cm³/mol. The smallest absolute Gasteiger partial charge is 0.267 e. The second-order valence-electron chi connectivity index (χ2n) is 9.55. The molecule has 0 atom stereocenters. The van der Waals surface area contributed by atoms with E-state index >= 15 is 0 Å². The highest BCUT2D eigenvalue weighted by atomic mass is 35.5. The minimum absolute atomic E-state index is 0.108. The summed E-state index contributed by atoms with van der Waals surface area (Å²) in [5.74, 6) is -0.937. The zero-order valence-electron chi connectivity index (χ0n) is 19.2. The van der Waals surface area contributed by atoms with Crippen LogP contribution in [0.15, 0.2) is 36.8 Å². The first-order valence-electron chi connectivity index (χ1n) is 11.9. The first-order valence-corrected chi connectivity index (χ1v) is 12.3. The number of aromatic nitrogens is 5. The van der Waals surface area contributed by atoms with Crippen LogP contribution in [0.1, 0.15) is 36.0 Å². The van der Waals surface area contributed by atoms with Gasteiger partial charge in [-0.3, -0.25) is 14.5 Å². The molecule has 5 heterocycles. The molecule has 2 fully saturated rings. The van der Waals surface area contributed by atoms with Crippen LogP contribution in [0.4, 0.5) is 14.6 Å². The molecule has 0 unspecified atom stereocenters. The van der Waals surface area contributed by atoms with E-state index in [-0.39, 0.29) is 25.7 Å². The summed E-state index contributed by atoms with van der Waals surface area (Å²) in [7, 11) is 0. The van der Waals surface area contributed by atoms with E-state index < -0.39 is 11.8 Å². The van der Waals surface area contributed by atoms with E-state index in [4.69, 9.17) is 16.3 Å². The first-order chi connectivity index (χ1) is 17.0. The lowest BCUT2D eigenvalue weighted by atomic mass is 9.95. The molecule has 0 saturated carbocycles. The number of piperidine rings is 1. The van der Waals surface area contributed by atoms with Gasteiger partial charge in [0.05, 0.1) is 44.1 Å². The molecule has 0 bridgehead atoms. The summed E-state index contributed by atoms with van der Waals surface area (Å²) in [6.07, 6.45) is 6.94. The SMILES string of the molecule is FC(F)(CN1Cc2cc(Cl)ccc2-n2c(nnc2C2CCN(c3cnccn3)CC2)C1)C1COC1. The minimum Gasteiger partial charge on any atom is -0.380 e. The van der Waals surface area contributed by atoms with E-state index in [0.29, 0.717) is 23.9 Å². The van der Waals surface area contributed by atoms with Gasteiger partial charge in [0.25, 0.3) is 5.92 Å². The molecule has 0 N–H and O–H groups in total. The molecule has 2 saturated heterocycles. The Balaban J connectivity index is 1.28. The maximum absolute atomic E-state index is 14.9.